The third-order valence-corrected chi connectivity index (χ3v) is 5.20. The van der Waals surface area contributed by atoms with E-state index in [0.29, 0.717) is 6.61 Å². The Labute approximate surface area is 173 Å². The van der Waals surface area contributed by atoms with Crippen LogP contribution in [0.4, 0.5) is 0 Å². The van der Waals surface area contributed by atoms with Gasteiger partial charge in [-0.1, -0.05) is 46.6 Å². The van der Waals surface area contributed by atoms with Gasteiger partial charge in [0.2, 0.25) is 0 Å². The lowest BCUT2D eigenvalue weighted by molar-refractivity contribution is -0.155. The molecule has 0 aromatic rings. The molecule has 1 N–H and O–H groups in total. The Morgan fingerprint density at radius 2 is 1.36 bits per heavy atom. The van der Waals surface area contributed by atoms with Gasteiger partial charge >= 0.3 is 0 Å². The fourth-order valence-electron chi connectivity index (χ4n) is 3.15. The van der Waals surface area contributed by atoms with Crippen LogP contribution in [0.25, 0.3) is 0 Å². The SMILES string of the molecule is C/C(=C\CC/C(C)=C/CC/C(C)=C/CC/C(C)=C/COC1CCCCO1)CO. The van der Waals surface area contributed by atoms with Crippen LogP contribution in [0.5, 0.6) is 0 Å². The number of allylic oxidation sites excluding steroid dienone is 6. The number of ether oxygens (including phenoxy) is 2. The van der Waals surface area contributed by atoms with Crippen molar-refractivity contribution in [1.29, 1.82) is 0 Å². The summed E-state index contributed by atoms with van der Waals surface area (Å²) in [5, 5.41) is 9.00. The van der Waals surface area contributed by atoms with Crippen molar-refractivity contribution in [3.63, 3.8) is 0 Å². The predicted octanol–water partition coefficient (Wildman–Crippen LogP) is 6.65. The van der Waals surface area contributed by atoms with Gasteiger partial charge in [-0.05, 0) is 85.5 Å². The van der Waals surface area contributed by atoms with E-state index in [4.69, 9.17) is 14.6 Å². The fraction of sp³-hybridized carbons (Fsp3) is 0.680. The topological polar surface area (TPSA) is 38.7 Å². The molecule has 0 bridgehead atoms. The lowest BCUT2D eigenvalue weighted by atomic mass is 10.0. The summed E-state index contributed by atoms with van der Waals surface area (Å²) < 4.78 is 11.4. The van der Waals surface area contributed by atoms with Crippen LogP contribution < -0.4 is 0 Å². The molecule has 0 aliphatic carbocycles. The van der Waals surface area contributed by atoms with E-state index < -0.39 is 0 Å². The van der Waals surface area contributed by atoms with Crippen molar-refractivity contribution >= 4 is 0 Å². The molecular formula is C25H42O3. The largest absolute Gasteiger partial charge is 0.392 e. The van der Waals surface area contributed by atoms with Gasteiger partial charge in [-0.3, -0.25) is 0 Å². The average molecular weight is 391 g/mol. The normalized spacial score (nSPS) is 20.0. The van der Waals surface area contributed by atoms with E-state index in [-0.39, 0.29) is 12.9 Å². The number of hydrogen-bond donors (Lipinski definition) is 1. The molecule has 160 valence electrons. The molecule has 1 atom stereocenters. The summed E-state index contributed by atoms with van der Waals surface area (Å²) in [5.41, 5.74) is 5.36. The molecule has 1 fully saturated rings. The zero-order chi connectivity index (χ0) is 20.6. The number of aliphatic hydroxyl groups excluding tert-OH is 1. The standard InChI is InChI=1S/C25H42O3/c1-21(10-7-11-22(2)13-9-15-24(4)20-26)12-8-14-23(3)17-19-28-25-16-5-6-18-27-25/h11-12,15,17,25-26H,5-10,13-14,16,18-20H2,1-4H3/b21-12+,22-11+,23-17+,24-15+. The van der Waals surface area contributed by atoms with Gasteiger partial charge in [-0.2, -0.15) is 0 Å². The molecule has 0 spiro atoms. The Morgan fingerprint density at radius 3 is 1.86 bits per heavy atom. The van der Waals surface area contributed by atoms with Crippen molar-refractivity contribution in [3.8, 4) is 0 Å². The molecule has 1 rings (SSSR count). The van der Waals surface area contributed by atoms with Gasteiger partial charge in [0.25, 0.3) is 0 Å². The monoisotopic (exact) mass is 390 g/mol. The van der Waals surface area contributed by atoms with Gasteiger partial charge in [-0.15, -0.1) is 0 Å². The average Bonchev–Trinajstić information content (AvgIpc) is 2.68. The van der Waals surface area contributed by atoms with Crippen LogP contribution in [-0.2, 0) is 9.47 Å². The first kappa shape index (κ1) is 24.9. The Hall–Kier alpha value is -1.16. The molecule has 1 saturated heterocycles. The van der Waals surface area contributed by atoms with Crippen molar-refractivity contribution in [3.05, 3.63) is 46.6 Å². The summed E-state index contributed by atoms with van der Waals surface area (Å²) in [6.45, 7) is 10.3. The van der Waals surface area contributed by atoms with E-state index >= 15 is 0 Å². The zero-order valence-electron chi connectivity index (χ0n) is 18.6. The second-order valence-electron chi connectivity index (χ2n) is 8.11. The molecule has 1 aliphatic rings. The highest BCUT2D eigenvalue weighted by Gasteiger charge is 2.12. The first-order chi connectivity index (χ1) is 13.5. The van der Waals surface area contributed by atoms with Gasteiger partial charge in [0.15, 0.2) is 6.29 Å². The molecule has 0 radical (unpaired) electrons. The number of aliphatic hydroxyl groups is 1. The van der Waals surface area contributed by atoms with Gasteiger partial charge in [0.05, 0.1) is 13.2 Å². The molecule has 0 amide bonds. The Morgan fingerprint density at radius 1 is 0.821 bits per heavy atom. The molecule has 28 heavy (non-hydrogen) atoms. The zero-order valence-corrected chi connectivity index (χ0v) is 18.6. The summed E-state index contributed by atoms with van der Waals surface area (Å²) in [5.74, 6) is 0. The van der Waals surface area contributed by atoms with Gasteiger partial charge in [0, 0.05) is 6.61 Å². The lowest BCUT2D eigenvalue weighted by Gasteiger charge is -2.22. The maximum Gasteiger partial charge on any atom is 0.157 e. The van der Waals surface area contributed by atoms with E-state index in [2.05, 4.69) is 45.1 Å². The van der Waals surface area contributed by atoms with E-state index in [9.17, 15) is 0 Å². The molecule has 1 aliphatic heterocycles. The second-order valence-corrected chi connectivity index (χ2v) is 8.11. The van der Waals surface area contributed by atoms with Gasteiger partial charge in [0.1, 0.15) is 0 Å². The minimum absolute atomic E-state index is 0.00572. The van der Waals surface area contributed by atoms with Crippen molar-refractivity contribution in [2.75, 3.05) is 19.8 Å². The first-order valence-electron chi connectivity index (χ1n) is 11.0. The van der Waals surface area contributed by atoms with E-state index in [0.717, 1.165) is 63.5 Å². The fourth-order valence-corrected chi connectivity index (χ4v) is 3.15. The molecule has 1 heterocycles. The first-order valence-corrected chi connectivity index (χ1v) is 11.0. The van der Waals surface area contributed by atoms with Crippen LogP contribution in [0.15, 0.2) is 46.6 Å². The van der Waals surface area contributed by atoms with Crippen LogP contribution >= 0.6 is 0 Å². The Balaban J connectivity index is 2.16. The van der Waals surface area contributed by atoms with Crippen LogP contribution in [0.3, 0.4) is 0 Å². The van der Waals surface area contributed by atoms with Crippen molar-refractivity contribution in [1.82, 2.24) is 0 Å². The van der Waals surface area contributed by atoms with Crippen molar-refractivity contribution in [2.24, 2.45) is 0 Å². The van der Waals surface area contributed by atoms with E-state index in [1.807, 2.05) is 6.92 Å². The van der Waals surface area contributed by atoms with Crippen LogP contribution in [-0.4, -0.2) is 31.2 Å². The highest BCUT2D eigenvalue weighted by Crippen LogP contribution is 2.15. The Kier molecular flexibility index (Phi) is 14.0. The van der Waals surface area contributed by atoms with E-state index in [1.165, 1.54) is 23.1 Å². The van der Waals surface area contributed by atoms with Crippen LogP contribution in [0, 0.1) is 0 Å². The number of hydrogen-bond acceptors (Lipinski definition) is 3. The third-order valence-electron chi connectivity index (χ3n) is 5.20. The van der Waals surface area contributed by atoms with E-state index in [1.54, 1.807) is 0 Å². The van der Waals surface area contributed by atoms with Gasteiger partial charge < -0.3 is 14.6 Å². The minimum Gasteiger partial charge on any atom is -0.392 e. The smallest absolute Gasteiger partial charge is 0.157 e. The predicted molar refractivity (Wildman–Crippen MR) is 119 cm³/mol. The highest BCUT2D eigenvalue weighted by atomic mass is 16.7. The second kappa shape index (κ2) is 15.7. The molecule has 3 heteroatoms. The molecule has 0 saturated carbocycles. The summed E-state index contributed by atoms with van der Waals surface area (Å²) >= 11 is 0. The summed E-state index contributed by atoms with van der Waals surface area (Å²) in [6, 6.07) is 0. The molecule has 3 nitrogen and oxygen atoms in total. The highest BCUT2D eigenvalue weighted by molar-refractivity contribution is 5.07. The maximum absolute atomic E-state index is 9.00. The van der Waals surface area contributed by atoms with Crippen molar-refractivity contribution in [2.45, 2.75) is 91.8 Å². The molecule has 1 unspecified atom stereocenters. The molecular weight excluding hydrogens is 348 g/mol. The minimum atomic E-state index is 0.00572. The number of rotatable bonds is 13. The quantitative estimate of drug-likeness (QED) is 0.358. The lowest BCUT2D eigenvalue weighted by Crippen LogP contribution is -2.22. The summed E-state index contributed by atoms with van der Waals surface area (Å²) in [4.78, 5) is 0. The summed E-state index contributed by atoms with van der Waals surface area (Å²) in [7, 11) is 0. The molecule has 0 aromatic carbocycles. The van der Waals surface area contributed by atoms with Crippen molar-refractivity contribution < 1.29 is 14.6 Å². The maximum atomic E-state index is 9.00. The third kappa shape index (κ3) is 13.1. The van der Waals surface area contributed by atoms with Crippen LogP contribution in [0.1, 0.15) is 85.5 Å². The molecule has 0 aromatic heterocycles. The van der Waals surface area contributed by atoms with Gasteiger partial charge in [-0.25, -0.2) is 0 Å². The summed E-state index contributed by atoms with van der Waals surface area (Å²) in [6.07, 6.45) is 19.0. The Bertz CT molecular complexity index is 534. The van der Waals surface area contributed by atoms with Crippen LogP contribution in [0.2, 0.25) is 0 Å².